The first-order valence-corrected chi connectivity index (χ1v) is 7.77. The van der Waals surface area contributed by atoms with Crippen LogP contribution in [-0.4, -0.2) is 32.6 Å². The fourth-order valence-corrected chi connectivity index (χ4v) is 2.36. The number of anilines is 1. The minimum absolute atomic E-state index is 0.0792. The van der Waals surface area contributed by atoms with Gasteiger partial charge in [0, 0.05) is 11.3 Å². The first kappa shape index (κ1) is 18.4. The lowest BCUT2D eigenvalue weighted by molar-refractivity contribution is -0.885. The highest BCUT2D eigenvalue weighted by atomic mass is 19.1. The van der Waals surface area contributed by atoms with Crippen LogP contribution in [0.15, 0.2) is 48.5 Å². The van der Waals surface area contributed by atoms with Crippen molar-refractivity contribution in [3.8, 4) is 5.75 Å². The Morgan fingerprint density at radius 3 is 2.52 bits per heavy atom. The Labute approximate surface area is 145 Å². The number of methoxy groups -OCH3 is 1. The summed E-state index contributed by atoms with van der Waals surface area (Å²) in [6.45, 7) is 0.518. The second kappa shape index (κ2) is 8.79. The Morgan fingerprint density at radius 1 is 1.16 bits per heavy atom. The first-order chi connectivity index (χ1) is 12.0. The third kappa shape index (κ3) is 5.89. The summed E-state index contributed by atoms with van der Waals surface area (Å²) in [6, 6.07) is 12.9. The van der Waals surface area contributed by atoms with Gasteiger partial charge in [0.25, 0.3) is 5.91 Å². The Morgan fingerprint density at radius 2 is 1.88 bits per heavy atom. The molecule has 2 rings (SSSR count). The molecule has 0 aliphatic carbocycles. The van der Waals surface area contributed by atoms with E-state index < -0.39 is 17.8 Å². The van der Waals surface area contributed by atoms with Crippen molar-refractivity contribution in [1.29, 1.82) is 0 Å². The van der Waals surface area contributed by atoms with E-state index in [0.29, 0.717) is 12.2 Å². The van der Waals surface area contributed by atoms with E-state index in [4.69, 9.17) is 4.74 Å². The highest BCUT2D eigenvalue weighted by Crippen LogP contribution is 2.17. The van der Waals surface area contributed by atoms with Crippen molar-refractivity contribution in [2.75, 3.05) is 26.0 Å². The number of carbonyl (C=O) groups is 2. The molecule has 1 atom stereocenters. The SMILES string of the molecule is COc1ccc(C[NH+](C)CC(=O)NC(=O)Nc2ccccc2)cc1F. The maximum atomic E-state index is 13.7. The fraction of sp³-hybridized carbons (Fsp3) is 0.222. The Hall–Kier alpha value is -2.93. The number of halogens is 1. The minimum atomic E-state index is -0.584. The van der Waals surface area contributed by atoms with Crippen molar-refractivity contribution in [1.82, 2.24) is 5.32 Å². The number of hydrogen-bond acceptors (Lipinski definition) is 3. The normalized spacial score (nSPS) is 11.5. The Balaban J connectivity index is 1.81. The van der Waals surface area contributed by atoms with Gasteiger partial charge >= 0.3 is 6.03 Å². The lowest BCUT2D eigenvalue weighted by atomic mass is 10.2. The molecule has 6 nitrogen and oxygen atoms in total. The molecule has 0 aliphatic heterocycles. The van der Waals surface area contributed by atoms with E-state index in [1.54, 1.807) is 43.4 Å². The number of amides is 3. The van der Waals surface area contributed by atoms with E-state index in [1.807, 2.05) is 6.07 Å². The van der Waals surface area contributed by atoms with Crippen LogP contribution in [-0.2, 0) is 11.3 Å². The van der Waals surface area contributed by atoms with Crippen LogP contribution in [0.3, 0.4) is 0 Å². The molecule has 2 aromatic rings. The van der Waals surface area contributed by atoms with Gasteiger partial charge in [-0.05, 0) is 30.3 Å². The molecular weight excluding hydrogens is 325 g/mol. The van der Waals surface area contributed by atoms with Crippen LogP contribution in [0.4, 0.5) is 14.9 Å². The highest BCUT2D eigenvalue weighted by molar-refractivity contribution is 6.01. The number of urea groups is 1. The number of benzene rings is 2. The topological polar surface area (TPSA) is 71.9 Å². The molecule has 0 aliphatic rings. The molecule has 132 valence electrons. The largest absolute Gasteiger partial charge is 0.494 e. The molecule has 3 amide bonds. The number of para-hydroxylation sites is 1. The van der Waals surface area contributed by atoms with Crippen molar-refractivity contribution in [3.63, 3.8) is 0 Å². The van der Waals surface area contributed by atoms with E-state index in [0.717, 1.165) is 10.5 Å². The Kier molecular flexibility index (Phi) is 6.47. The maximum Gasteiger partial charge on any atom is 0.326 e. The first-order valence-electron chi connectivity index (χ1n) is 7.77. The average Bonchev–Trinajstić information content (AvgIpc) is 2.55. The van der Waals surface area contributed by atoms with Crippen LogP contribution in [0.1, 0.15) is 5.56 Å². The molecule has 2 aromatic carbocycles. The fourth-order valence-electron chi connectivity index (χ4n) is 2.36. The van der Waals surface area contributed by atoms with E-state index in [1.165, 1.54) is 13.2 Å². The van der Waals surface area contributed by atoms with E-state index in [-0.39, 0.29) is 12.3 Å². The molecule has 0 spiro atoms. The maximum absolute atomic E-state index is 13.7. The van der Waals surface area contributed by atoms with Crippen LogP contribution in [0.2, 0.25) is 0 Å². The molecule has 0 heterocycles. The summed E-state index contributed by atoms with van der Waals surface area (Å²) in [5.74, 6) is -0.684. The molecular formula is C18H21FN3O3+. The summed E-state index contributed by atoms with van der Waals surface area (Å²) < 4.78 is 18.5. The molecule has 0 aromatic heterocycles. The van der Waals surface area contributed by atoms with E-state index in [9.17, 15) is 14.0 Å². The van der Waals surface area contributed by atoms with Crippen molar-refractivity contribution in [2.45, 2.75) is 6.54 Å². The van der Waals surface area contributed by atoms with Crippen molar-refractivity contribution >= 4 is 17.6 Å². The van der Waals surface area contributed by atoms with Gasteiger partial charge in [0.15, 0.2) is 18.1 Å². The van der Waals surface area contributed by atoms with Gasteiger partial charge in [0.2, 0.25) is 0 Å². The van der Waals surface area contributed by atoms with Crippen molar-refractivity contribution in [2.24, 2.45) is 0 Å². The molecule has 7 heteroatoms. The third-order valence-electron chi connectivity index (χ3n) is 3.47. The van der Waals surface area contributed by atoms with Gasteiger partial charge in [0.1, 0.15) is 6.54 Å². The van der Waals surface area contributed by atoms with Crippen LogP contribution < -0.4 is 20.3 Å². The molecule has 0 bridgehead atoms. The zero-order valence-corrected chi connectivity index (χ0v) is 14.1. The van der Waals surface area contributed by atoms with Gasteiger partial charge in [-0.15, -0.1) is 0 Å². The second-order valence-corrected chi connectivity index (χ2v) is 5.65. The summed E-state index contributed by atoms with van der Waals surface area (Å²) in [6.07, 6.45) is 0. The average molecular weight is 346 g/mol. The summed E-state index contributed by atoms with van der Waals surface area (Å²) in [7, 11) is 3.19. The summed E-state index contributed by atoms with van der Waals surface area (Å²) >= 11 is 0. The van der Waals surface area contributed by atoms with E-state index >= 15 is 0 Å². The highest BCUT2D eigenvalue weighted by Gasteiger charge is 2.14. The predicted octanol–water partition coefficient (Wildman–Crippen LogP) is 1.20. The van der Waals surface area contributed by atoms with Crippen molar-refractivity contribution < 1.29 is 23.6 Å². The number of quaternary nitrogens is 1. The number of hydrogen-bond donors (Lipinski definition) is 3. The molecule has 1 unspecified atom stereocenters. The number of likely N-dealkylation sites (N-methyl/N-ethyl adjacent to an activating group) is 1. The minimum Gasteiger partial charge on any atom is -0.494 e. The quantitative estimate of drug-likeness (QED) is 0.736. The lowest BCUT2D eigenvalue weighted by Gasteiger charge is -2.14. The second-order valence-electron chi connectivity index (χ2n) is 5.65. The summed E-state index contributed by atoms with van der Waals surface area (Å²) in [5, 5.41) is 4.84. The number of imide groups is 1. The van der Waals surface area contributed by atoms with Gasteiger partial charge in [-0.1, -0.05) is 18.2 Å². The smallest absolute Gasteiger partial charge is 0.326 e. The van der Waals surface area contributed by atoms with Crippen LogP contribution in [0.5, 0.6) is 5.75 Å². The standard InChI is InChI=1S/C18H20FN3O3/c1-22(11-13-8-9-16(25-2)15(19)10-13)12-17(23)21-18(24)20-14-6-4-3-5-7-14/h3-10H,11-12H2,1-2H3,(H2,20,21,23,24)/p+1. The molecule has 0 radical (unpaired) electrons. The van der Waals surface area contributed by atoms with Gasteiger partial charge in [0.05, 0.1) is 14.2 Å². The Bertz CT molecular complexity index is 738. The van der Waals surface area contributed by atoms with Crippen LogP contribution >= 0.6 is 0 Å². The number of ether oxygens (including phenoxy) is 1. The monoisotopic (exact) mass is 346 g/mol. The number of rotatable bonds is 6. The lowest BCUT2D eigenvalue weighted by Crippen LogP contribution is -3.09. The summed E-state index contributed by atoms with van der Waals surface area (Å²) in [4.78, 5) is 24.5. The zero-order chi connectivity index (χ0) is 18.2. The van der Waals surface area contributed by atoms with E-state index in [2.05, 4.69) is 10.6 Å². The van der Waals surface area contributed by atoms with Gasteiger partial charge in [-0.2, -0.15) is 0 Å². The zero-order valence-electron chi connectivity index (χ0n) is 14.1. The molecule has 0 saturated heterocycles. The van der Waals surface area contributed by atoms with Gasteiger partial charge in [-0.25, -0.2) is 9.18 Å². The number of carbonyl (C=O) groups excluding carboxylic acids is 2. The van der Waals surface area contributed by atoms with Crippen LogP contribution in [0.25, 0.3) is 0 Å². The molecule has 25 heavy (non-hydrogen) atoms. The van der Waals surface area contributed by atoms with Crippen molar-refractivity contribution in [3.05, 3.63) is 59.9 Å². The van der Waals surface area contributed by atoms with Gasteiger partial charge < -0.3 is 15.0 Å². The molecule has 3 N–H and O–H groups in total. The summed E-state index contributed by atoms with van der Waals surface area (Å²) in [5.41, 5.74) is 1.33. The predicted molar refractivity (Wildman–Crippen MR) is 92.0 cm³/mol. The van der Waals surface area contributed by atoms with Crippen LogP contribution in [0, 0.1) is 5.82 Å². The molecule has 0 saturated carbocycles. The number of nitrogens with one attached hydrogen (secondary N) is 3. The third-order valence-corrected chi connectivity index (χ3v) is 3.47. The van der Waals surface area contributed by atoms with Gasteiger partial charge in [-0.3, -0.25) is 10.1 Å². The molecule has 0 fully saturated rings.